The summed E-state index contributed by atoms with van der Waals surface area (Å²) in [4.78, 5) is 16.4. The summed E-state index contributed by atoms with van der Waals surface area (Å²) in [5, 5.41) is 8.84. The Morgan fingerprint density at radius 2 is 2.50 bits per heavy atom. The first-order chi connectivity index (χ1) is 7.61. The predicted octanol–water partition coefficient (Wildman–Crippen LogP) is 2.21. The summed E-state index contributed by atoms with van der Waals surface area (Å²) in [6.07, 6.45) is 0.729. The van der Waals surface area contributed by atoms with E-state index in [0.29, 0.717) is 5.95 Å². The fourth-order valence-corrected chi connectivity index (χ4v) is 2.13. The van der Waals surface area contributed by atoms with Gasteiger partial charge in [0.1, 0.15) is 0 Å². The first-order valence-electron chi connectivity index (χ1n) is 4.87. The molecule has 2 heterocycles. The number of aromatic nitrogens is 3. The molecule has 0 saturated carbocycles. The lowest BCUT2D eigenvalue weighted by molar-refractivity contribution is -0.115. The number of halogens is 1. The zero-order chi connectivity index (χ0) is 11.7. The van der Waals surface area contributed by atoms with Crippen molar-refractivity contribution in [3.8, 4) is 0 Å². The molecule has 0 aliphatic heterocycles. The highest BCUT2D eigenvalue weighted by Crippen LogP contribution is 2.16. The third-order valence-corrected chi connectivity index (χ3v) is 4.12. The van der Waals surface area contributed by atoms with E-state index in [1.54, 1.807) is 4.52 Å². The average molecular weight is 303 g/mol. The lowest BCUT2D eigenvalue weighted by Crippen LogP contribution is -2.22. The van der Waals surface area contributed by atoms with Crippen LogP contribution in [0.2, 0.25) is 0 Å². The number of nitrogens with zero attached hydrogens (tertiary/aromatic N) is 3. The molecule has 1 N–H and O–H groups in total. The number of fused-ring (bicyclic) bond motifs is 1. The van der Waals surface area contributed by atoms with E-state index in [2.05, 4.69) is 31.3 Å². The Labute approximate surface area is 105 Å². The van der Waals surface area contributed by atoms with Crippen LogP contribution < -0.4 is 5.32 Å². The lowest BCUT2D eigenvalue weighted by Gasteiger charge is -2.04. The smallest absolute Gasteiger partial charge is 0.250 e. The lowest BCUT2D eigenvalue weighted by atomic mass is 10.3. The highest BCUT2D eigenvalue weighted by atomic mass is 79.9. The van der Waals surface area contributed by atoms with Crippen LogP contribution in [-0.4, -0.2) is 25.3 Å². The Kier molecular flexibility index (Phi) is 3.25. The summed E-state index contributed by atoms with van der Waals surface area (Å²) in [5.41, 5.74) is 1.01. The van der Waals surface area contributed by atoms with Crippen LogP contribution in [0.3, 0.4) is 0 Å². The zero-order valence-corrected chi connectivity index (χ0v) is 11.3. The Morgan fingerprint density at radius 3 is 3.12 bits per heavy atom. The highest BCUT2D eigenvalue weighted by Gasteiger charge is 2.15. The molecule has 0 saturated heterocycles. The molecular formula is C9H11BrN4OS. The Balaban J connectivity index is 2.18. The van der Waals surface area contributed by atoms with Crippen LogP contribution >= 0.6 is 27.3 Å². The summed E-state index contributed by atoms with van der Waals surface area (Å²) >= 11 is 4.78. The molecule has 1 atom stereocenters. The summed E-state index contributed by atoms with van der Waals surface area (Å²) in [5.74, 6) is 0.247. The van der Waals surface area contributed by atoms with Gasteiger partial charge in [-0.25, -0.2) is 4.52 Å². The molecule has 0 fully saturated rings. The van der Waals surface area contributed by atoms with E-state index in [1.807, 2.05) is 19.2 Å². The summed E-state index contributed by atoms with van der Waals surface area (Å²) in [7, 11) is 0. The van der Waals surface area contributed by atoms with E-state index < -0.39 is 0 Å². The predicted molar refractivity (Wildman–Crippen MR) is 67.2 cm³/mol. The van der Waals surface area contributed by atoms with Crippen molar-refractivity contribution in [1.82, 2.24) is 14.6 Å². The fourth-order valence-electron chi connectivity index (χ4n) is 1.22. The Bertz CT molecular complexity index is 521. The largest absolute Gasteiger partial charge is 0.292 e. The van der Waals surface area contributed by atoms with Crippen molar-refractivity contribution >= 4 is 44.1 Å². The zero-order valence-electron chi connectivity index (χ0n) is 8.90. The van der Waals surface area contributed by atoms with Gasteiger partial charge in [-0.1, -0.05) is 22.9 Å². The number of hydrogen-bond donors (Lipinski definition) is 1. The van der Waals surface area contributed by atoms with Crippen LogP contribution in [0.5, 0.6) is 0 Å². The van der Waals surface area contributed by atoms with E-state index in [-0.39, 0.29) is 10.7 Å². The molecule has 7 heteroatoms. The molecule has 0 radical (unpaired) electrons. The van der Waals surface area contributed by atoms with Gasteiger partial charge in [0.15, 0.2) is 0 Å². The van der Waals surface area contributed by atoms with Gasteiger partial charge in [-0.05, 0) is 13.3 Å². The standard InChI is InChI=1S/C9H11BrN4OS/c1-3-6(10)7(15)11-8-12-9-14(13-8)5(2)4-16-9/h4,6H,3H2,1-2H3,(H,11,13,15). The van der Waals surface area contributed by atoms with Gasteiger partial charge in [-0.15, -0.1) is 16.4 Å². The number of alkyl halides is 1. The van der Waals surface area contributed by atoms with E-state index in [9.17, 15) is 4.79 Å². The van der Waals surface area contributed by atoms with Crippen molar-refractivity contribution in [2.75, 3.05) is 5.32 Å². The molecule has 2 aromatic rings. The Hall–Kier alpha value is -0.950. The van der Waals surface area contributed by atoms with Crippen LogP contribution in [0.1, 0.15) is 19.0 Å². The fraction of sp³-hybridized carbons (Fsp3) is 0.444. The van der Waals surface area contributed by atoms with Crippen LogP contribution in [-0.2, 0) is 4.79 Å². The molecule has 1 amide bonds. The van der Waals surface area contributed by atoms with Crippen LogP contribution in [0.15, 0.2) is 5.38 Å². The first kappa shape index (κ1) is 11.5. The molecule has 0 aliphatic rings. The third kappa shape index (κ3) is 2.10. The molecule has 2 aromatic heterocycles. The quantitative estimate of drug-likeness (QED) is 0.884. The van der Waals surface area contributed by atoms with Gasteiger partial charge in [0, 0.05) is 5.38 Å². The molecule has 0 aliphatic carbocycles. The number of aryl methyl sites for hydroxylation is 1. The van der Waals surface area contributed by atoms with Gasteiger partial charge in [-0.3, -0.25) is 10.1 Å². The van der Waals surface area contributed by atoms with E-state index in [1.165, 1.54) is 11.3 Å². The molecular weight excluding hydrogens is 292 g/mol. The van der Waals surface area contributed by atoms with Gasteiger partial charge in [0.25, 0.3) is 0 Å². The minimum Gasteiger partial charge on any atom is -0.292 e. The monoisotopic (exact) mass is 302 g/mol. The van der Waals surface area contributed by atoms with Gasteiger partial charge >= 0.3 is 0 Å². The molecule has 16 heavy (non-hydrogen) atoms. The van der Waals surface area contributed by atoms with Gasteiger partial charge < -0.3 is 0 Å². The van der Waals surface area contributed by atoms with Crippen molar-refractivity contribution in [3.63, 3.8) is 0 Å². The minimum absolute atomic E-state index is 0.113. The number of amides is 1. The number of hydrogen-bond acceptors (Lipinski definition) is 4. The molecule has 0 spiro atoms. The van der Waals surface area contributed by atoms with Crippen molar-refractivity contribution in [3.05, 3.63) is 11.1 Å². The van der Waals surface area contributed by atoms with Gasteiger partial charge in [0.2, 0.25) is 16.8 Å². The van der Waals surface area contributed by atoms with Crippen LogP contribution in [0.25, 0.3) is 4.96 Å². The SMILES string of the molecule is CCC(Br)C(=O)Nc1nc2scc(C)n2n1. The maximum Gasteiger partial charge on any atom is 0.250 e. The molecule has 2 rings (SSSR count). The number of nitrogens with one attached hydrogen (secondary N) is 1. The van der Waals surface area contributed by atoms with Gasteiger partial charge in [-0.2, -0.15) is 4.98 Å². The van der Waals surface area contributed by atoms with Crippen molar-refractivity contribution in [2.45, 2.75) is 25.1 Å². The number of rotatable bonds is 3. The molecule has 86 valence electrons. The van der Waals surface area contributed by atoms with Crippen molar-refractivity contribution in [1.29, 1.82) is 0 Å². The van der Waals surface area contributed by atoms with Crippen molar-refractivity contribution < 1.29 is 4.79 Å². The molecule has 0 aromatic carbocycles. The van der Waals surface area contributed by atoms with E-state index in [0.717, 1.165) is 17.1 Å². The second kappa shape index (κ2) is 4.50. The average Bonchev–Trinajstić information content (AvgIpc) is 2.80. The third-order valence-electron chi connectivity index (χ3n) is 2.12. The Morgan fingerprint density at radius 1 is 1.75 bits per heavy atom. The normalized spacial score (nSPS) is 12.9. The number of carbonyl (C=O) groups is 1. The first-order valence-corrected chi connectivity index (χ1v) is 6.67. The second-order valence-corrected chi connectivity index (χ2v) is 5.31. The van der Waals surface area contributed by atoms with Gasteiger partial charge in [0.05, 0.1) is 10.5 Å². The van der Waals surface area contributed by atoms with Crippen LogP contribution in [0, 0.1) is 6.92 Å². The molecule has 0 bridgehead atoms. The maximum absolute atomic E-state index is 11.6. The van der Waals surface area contributed by atoms with E-state index in [4.69, 9.17) is 0 Å². The second-order valence-electron chi connectivity index (χ2n) is 3.37. The number of anilines is 1. The molecule has 1 unspecified atom stereocenters. The minimum atomic E-state index is -0.199. The van der Waals surface area contributed by atoms with Crippen molar-refractivity contribution in [2.24, 2.45) is 0 Å². The summed E-state index contributed by atoms with van der Waals surface area (Å²) in [6, 6.07) is 0. The number of carbonyl (C=O) groups excluding carboxylic acids is 1. The summed E-state index contributed by atoms with van der Waals surface area (Å²) < 4.78 is 1.72. The van der Waals surface area contributed by atoms with E-state index >= 15 is 0 Å². The number of thiazole rings is 1. The highest BCUT2D eigenvalue weighted by molar-refractivity contribution is 9.10. The molecule has 5 nitrogen and oxygen atoms in total. The summed E-state index contributed by atoms with van der Waals surface area (Å²) in [6.45, 7) is 3.88. The topological polar surface area (TPSA) is 59.3 Å². The maximum atomic E-state index is 11.6. The van der Waals surface area contributed by atoms with Crippen LogP contribution in [0.4, 0.5) is 5.95 Å².